The highest BCUT2D eigenvalue weighted by molar-refractivity contribution is 5.66. The van der Waals surface area contributed by atoms with Gasteiger partial charge in [-0.3, -0.25) is 9.59 Å². The van der Waals surface area contributed by atoms with Crippen molar-refractivity contribution in [1.29, 1.82) is 0 Å². The van der Waals surface area contributed by atoms with Gasteiger partial charge in [0.15, 0.2) is 0 Å². The number of rotatable bonds is 11. The van der Waals surface area contributed by atoms with E-state index in [1.165, 1.54) is 29.2 Å². The molecule has 0 heterocycles. The van der Waals surface area contributed by atoms with Crippen LogP contribution in [-0.2, 0) is 14.3 Å². The summed E-state index contributed by atoms with van der Waals surface area (Å²) in [7, 11) is 0. The van der Waals surface area contributed by atoms with E-state index < -0.39 is 5.97 Å². The molecule has 1 N–H and O–H groups in total. The first-order valence-electron chi connectivity index (χ1n) is 9.97. The third-order valence-electron chi connectivity index (χ3n) is 3.75. The second kappa shape index (κ2) is 18.3. The molecule has 4 nitrogen and oxygen atoms in total. The maximum atomic E-state index is 10.5. The Bertz CT molecular complexity index is 517. The molecule has 0 rings (SSSR count). The molecule has 0 aliphatic rings. The molecule has 0 saturated carbocycles. The van der Waals surface area contributed by atoms with Crippen molar-refractivity contribution in [3.63, 3.8) is 0 Å². The van der Waals surface area contributed by atoms with Crippen LogP contribution in [0.5, 0.6) is 0 Å². The molecule has 0 aliphatic carbocycles. The van der Waals surface area contributed by atoms with Crippen molar-refractivity contribution in [2.75, 3.05) is 6.61 Å². The average Bonchev–Trinajstić information content (AvgIpc) is 2.54. The molecule has 0 bridgehead atoms. The lowest BCUT2D eigenvalue weighted by atomic mass is 10.1. The molecule has 0 aromatic heterocycles. The Labute approximate surface area is 172 Å². The van der Waals surface area contributed by atoms with E-state index in [4.69, 9.17) is 9.84 Å². The molecule has 0 aromatic carbocycles. The predicted octanol–water partition coefficient (Wildman–Crippen LogP) is 6.79. The molecule has 0 atom stereocenters. The Morgan fingerprint density at radius 2 is 1.11 bits per heavy atom. The lowest BCUT2D eigenvalue weighted by Crippen LogP contribution is -1.98. The van der Waals surface area contributed by atoms with Gasteiger partial charge in [0.25, 0.3) is 0 Å². The lowest BCUT2D eigenvalue weighted by Gasteiger charge is -2.00. The molecular weight excluding hydrogens is 352 g/mol. The Morgan fingerprint density at radius 3 is 1.50 bits per heavy atom. The van der Waals surface area contributed by atoms with E-state index in [-0.39, 0.29) is 12.4 Å². The molecule has 0 unspecified atom stereocenters. The molecule has 0 aliphatic heterocycles. The molecule has 0 radical (unpaired) electrons. The van der Waals surface area contributed by atoms with Gasteiger partial charge in [-0.15, -0.1) is 0 Å². The smallest absolute Gasteiger partial charge is 0.303 e. The monoisotopic (exact) mass is 392 g/mol. The van der Waals surface area contributed by atoms with E-state index in [9.17, 15) is 9.59 Å². The molecule has 160 valence electrons. The average molecular weight is 393 g/mol. The maximum Gasteiger partial charge on any atom is 0.303 e. The predicted molar refractivity (Wildman–Crippen MR) is 118 cm³/mol. The lowest BCUT2D eigenvalue weighted by molar-refractivity contribution is -0.140. The quantitative estimate of drug-likeness (QED) is 0.311. The van der Waals surface area contributed by atoms with Gasteiger partial charge >= 0.3 is 11.9 Å². The Kier molecular flexibility index (Phi) is 18.3. The number of carbonyl (C=O) groups is 2. The number of ether oxygens (including phenoxy) is 1. The summed E-state index contributed by atoms with van der Waals surface area (Å²) in [5, 5.41) is 8.44. The van der Waals surface area contributed by atoms with Gasteiger partial charge in [-0.1, -0.05) is 40.5 Å². The fraction of sp³-hybridized carbons (Fsp3) is 0.583. The normalized spacial score (nSPS) is 11.1. The number of carboxylic acids is 1. The van der Waals surface area contributed by atoms with Crippen molar-refractivity contribution < 1.29 is 19.4 Å². The van der Waals surface area contributed by atoms with Crippen LogP contribution in [0.25, 0.3) is 0 Å². The van der Waals surface area contributed by atoms with Gasteiger partial charge in [0, 0.05) is 13.3 Å². The molecule has 0 fully saturated rings. The van der Waals surface area contributed by atoms with Gasteiger partial charge in [-0.25, -0.2) is 0 Å². The van der Waals surface area contributed by atoms with Crippen LogP contribution in [0, 0.1) is 0 Å². The van der Waals surface area contributed by atoms with Gasteiger partial charge in [0.1, 0.15) is 6.61 Å². The Morgan fingerprint density at radius 1 is 0.679 bits per heavy atom. The summed E-state index contributed by atoms with van der Waals surface area (Å²) in [5.41, 5.74) is 5.23. The summed E-state index contributed by atoms with van der Waals surface area (Å²) >= 11 is 0. The summed E-state index contributed by atoms with van der Waals surface area (Å²) in [5.74, 6) is -0.948. The van der Waals surface area contributed by atoms with E-state index in [1.54, 1.807) is 0 Å². The van der Waals surface area contributed by atoms with Crippen molar-refractivity contribution in [1.82, 2.24) is 0 Å². The molecule has 0 amide bonds. The highest BCUT2D eigenvalue weighted by atomic mass is 16.5. The fourth-order valence-electron chi connectivity index (χ4n) is 2.12. The van der Waals surface area contributed by atoms with E-state index in [2.05, 4.69) is 53.7 Å². The van der Waals surface area contributed by atoms with Crippen LogP contribution < -0.4 is 0 Å². The maximum absolute atomic E-state index is 10.5. The van der Waals surface area contributed by atoms with E-state index in [1.807, 2.05) is 12.2 Å². The van der Waals surface area contributed by atoms with Crippen molar-refractivity contribution in [2.45, 2.75) is 87.0 Å². The van der Waals surface area contributed by atoms with Gasteiger partial charge in [-0.05, 0) is 79.7 Å². The number of esters is 1. The van der Waals surface area contributed by atoms with Gasteiger partial charge in [0.05, 0.1) is 0 Å². The zero-order chi connectivity index (χ0) is 21.9. The van der Waals surface area contributed by atoms with Gasteiger partial charge < -0.3 is 9.84 Å². The molecule has 0 saturated heterocycles. The van der Waals surface area contributed by atoms with Crippen molar-refractivity contribution in [3.8, 4) is 0 Å². The van der Waals surface area contributed by atoms with Gasteiger partial charge in [-0.2, -0.15) is 0 Å². The zero-order valence-corrected chi connectivity index (χ0v) is 18.9. The van der Waals surface area contributed by atoms with E-state index >= 15 is 0 Å². The highest BCUT2D eigenvalue weighted by Crippen LogP contribution is 2.08. The summed E-state index contributed by atoms with van der Waals surface area (Å²) in [6.45, 7) is 14.3. The minimum atomic E-state index is -0.724. The summed E-state index contributed by atoms with van der Waals surface area (Å²) < 4.78 is 4.81. The SMILES string of the molecule is CC(=O)OC/C=C(\C)CCC=C(C)C.CC(C)=CCCC(C)=CCCC(=O)O. The summed E-state index contributed by atoms with van der Waals surface area (Å²) in [6.07, 6.45) is 13.5. The van der Waals surface area contributed by atoms with Crippen LogP contribution >= 0.6 is 0 Å². The number of allylic oxidation sites excluding steroid dienone is 7. The number of aliphatic carboxylic acids is 1. The molecule has 0 spiro atoms. The first-order valence-corrected chi connectivity index (χ1v) is 9.97. The van der Waals surface area contributed by atoms with Crippen molar-refractivity contribution in [2.24, 2.45) is 0 Å². The fourth-order valence-corrected chi connectivity index (χ4v) is 2.12. The van der Waals surface area contributed by atoms with Crippen LogP contribution in [0.3, 0.4) is 0 Å². The third kappa shape index (κ3) is 26.1. The minimum absolute atomic E-state index is 0.224. The summed E-state index contributed by atoms with van der Waals surface area (Å²) in [4.78, 5) is 20.7. The van der Waals surface area contributed by atoms with E-state index in [0.717, 1.165) is 25.7 Å². The molecule has 28 heavy (non-hydrogen) atoms. The number of carbonyl (C=O) groups excluding carboxylic acids is 1. The standard InChI is InChI=1S/2C12H20O2/c1-10(2)6-5-7-11(3)8-9-14-12(4)13;1-10(2)6-4-7-11(3)8-5-9-12(13)14/h6,8H,5,7,9H2,1-4H3;6,8H,4-5,7,9H2,1-3H3,(H,13,14)/b11-8+;. The number of hydrogen-bond acceptors (Lipinski definition) is 3. The first-order chi connectivity index (χ1) is 13.0. The molecule has 4 heteroatoms. The molecule has 0 aromatic rings. The largest absolute Gasteiger partial charge is 0.481 e. The second-order valence-electron chi connectivity index (χ2n) is 7.48. The highest BCUT2D eigenvalue weighted by Gasteiger charge is 1.94. The Hall–Kier alpha value is -2.10. The molecular formula is C24H40O4. The van der Waals surface area contributed by atoms with Crippen LogP contribution in [0.1, 0.15) is 87.0 Å². The van der Waals surface area contributed by atoms with Crippen molar-refractivity contribution >= 4 is 11.9 Å². The second-order valence-corrected chi connectivity index (χ2v) is 7.48. The summed E-state index contributed by atoms with van der Waals surface area (Å²) in [6, 6.07) is 0. The van der Waals surface area contributed by atoms with Crippen LogP contribution in [0.15, 0.2) is 46.6 Å². The third-order valence-corrected chi connectivity index (χ3v) is 3.75. The number of carboxylic acid groups (broad SMARTS) is 1. The number of hydrogen-bond donors (Lipinski definition) is 1. The zero-order valence-electron chi connectivity index (χ0n) is 18.9. The van der Waals surface area contributed by atoms with Crippen LogP contribution in [0.2, 0.25) is 0 Å². The van der Waals surface area contributed by atoms with Crippen molar-refractivity contribution in [3.05, 3.63) is 46.6 Å². The minimum Gasteiger partial charge on any atom is -0.481 e. The Balaban J connectivity index is 0. The van der Waals surface area contributed by atoms with Gasteiger partial charge in [0.2, 0.25) is 0 Å². The first kappa shape index (κ1) is 28.1. The van der Waals surface area contributed by atoms with E-state index in [0.29, 0.717) is 13.0 Å². The van der Waals surface area contributed by atoms with Crippen LogP contribution in [0.4, 0.5) is 0 Å². The topological polar surface area (TPSA) is 63.6 Å². The van der Waals surface area contributed by atoms with Crippen LogP contribution in [-0.4, -0.2) is 23.7 Å².